The van der Waals surface area contributed by atoms with Gasteiger partial charge in [0.2, 0.25) is 0 Å². The summed E-state index contributed by atoms with van der Waals surface area (Å²) in [6.07, 6.45) is 3.17. The average Bonchev–Trinajstić information content (AvgIpc) is 2.55. The van der Waals surface area contributed by atoms with Crippen molar-refractivity contribution in [2.75, 3.05) is 5.32 Å². The van der Waals surface area contributed by atoms with Crippen LogP contribution in [-0.2, 0) is 0 Å². The first-order chi connectivity index (χ1) is 11.1. The Hall–Kier alpha value is -3.28. The summed E-state index contributed by atoms with van der Waals surface area (Å²) in [6.45, 7) is 1.82. The summed E-state index contributed by atoms with van der Waals surface area (Å²) >= 11 is 0. The minimum Gasteiger partial charge on any atom is -0.328 e. The van der Waals surface area contributed by atoms with Gasteiger partial charge in [-0.1, -0.05) is 12.1 Å². The lowest BCUT2D eigenvalue weighted by Crippen LogP contribution is -2.22. The van der Waals surface area contributed by atoms with Gasteiger partial charge in [0.05, 0.1) is 5.69 Å². The Balaban J connectivity index is 1.87. The van der Waals surface area contributed by atoms with Gasteiger partial charge < -0.3 is 10.3 Å². The Morgan fingerprint density at radius 2 is 2.04 bits per heavy atom. The number of benzene rings is 1. The highest BCUT2D eigenvalue weighted by Gasteiger charge is 2.10. The van der Waals surface area contributed by atoms with Crippen LogP contribution in [0.1, 0.15) is 16.2 Å². The minimum absolute atomic E-state index is 0.0655. The fourth-order valence-electron chi connectivity index (χ4n) is 2.17. The normalized spacial score (nSPS) is 10.3. The van der Waals surface area contributed by atoms with Gasteiger partial charge in [-0.05, 0) is 37.3 Å². The fourth-order valence-corrected chi connectivity index (χ4v) is 2.17. The molecule has 0 aliphatic rings. The highest BCUT2D eigenvalue weighted by Crippen LogP contribution is 2.20. The summed E-state index contributed by atoms with van der Waals surface area (Å²) in [6, 6.07) is 12.2. The van der Waals surface area contributed by atoms with Crippen LogP contribution in [0.3, 0.4) is 0 Å². The van der Waals surface area contributed by atoms with Crippen LogP contribution in [0.15, 0.2) is 59.7 Å². The summed E-state index contributed by atoms with van der Waals surface area (Å²) in [4.78, 5) is 34.7. The third-order valence-corrected chi connectivity index (χ3v) is 3.26. The summed E-state index contributed by atoms with van der Waals surface area (Å²) in [7, 11) is 0. The molecule has 0 spiro atoms. The zero-order valence-electron chi connectivity index (χ0n) is 12.4. The van der Waals surface area contributed by atoms with E-state index in [1.807, 2.05) is 19.1 Å². The lowest BCUT2D eigenvalue weighted by molar-refractivity contribution is 0.102. The van der Waals surface area contributed by atoms with E-state index in [0.717, 1.165) is 11.3 Å². The molecule has 0 saturated carbocycles. The molecule has 3 aromatic rings. The number of pyridine rings is 1. The highest BCUT2D eigenvalue weighted by atomic mass is 16.2. The summed E-state index contributed by atoms with van der Waals surface area (Å²) in [5.41, 5.74) is 1.86. The molecular weight excluding hydrogens is 292 g/mol. The van der Waals surface area contributed by atoms with Gasteiger partial charge in [0.1, 0.15) is 11.4 Å². The number of rotatable bonds is 3. The van der Waals surface area contributed by atoms with Gasteiger partial charge in [0.25, 0.3) is 11.5 Å². The molecule has 1 aromatic carbocycles. The Bertz CT molecular complexity index is 918. The predicted molar refractivity (Wildman–Crippen MR) is 87.2 cm³/mol. The van der Waals surface area contributed by atoms with Gasteiger partial charge >= 0.3 is 0 Å². The quantitative estimate of drug-likeness (QED) is 0.777. The van der Waals surface area contributed by atoms with Crippen molar-refractivity contribution >= 4 is 11.6 Å². The van der Waals surface area contributed by atoms with Crippen molar-refractivity contribution in [3.63, 3.8) is 0 Å². The number of H-pyrrole nitrogens is 1. The van der Waals surface area contributed by atoms with E-state index in [-0.39, 0.29) is 5.56 Å². The van der Waals surface area contributed by atoms with Crippen molar-refractivity contribution < 1.29 is 4.79 Å². The third kappa shape index (κ3) is 3.32. The van der Waals surface area contributed by atoms with E-state index < -0.39 is 11.5 Å². The van der Waals surface area contributed by atoms with Crippen LogP contribution in [0.2, 0.25) is 0 Å². The van der Waals surface area contributed by atoms with Gasteiger partial charge in [0.15, 0.2) is 0 Å². The molecule has 1 amide bonds. The average molecular weight is 306 g/mol. The number of hydrogen-bond donors (Lipinski definition) is 2. The maximum Gasteiger partial charge on any atom is 0.261 e. The minimum atomic E-state index is -0.456. The number of nitrogens with one attached hydrogen (secondary N) is 2. The van der Waals surface area contributed by atoms with Crippen LogP contribution in [0.25, 0.3) is 11.3 Å². The highest BCUT2D eigenvalue weighted by molar-refractivity contribution is 6.04. The topological polar surface area (TPSA) is 87.7 Å². The second kappa shape index (κ2) is 6.23. The molecule has 2 aromatic heterocycles. The number of anilines is 1. The van der Waals surface area contributed by atoms with Crippen molar-refractivity contribution in [3.8, 4) is 11.3 Å². The number of carbonyl (C=O) groups is 1. The maximum atomic E-state index is 12.2. The van der Waals surface area contributed by atoms with Gasteiger partial charge in [-0.15, -0.1) is 0 Å². The first-order valence-electron chi connectivity index (χ1n) is 7.02. The summed E-state index contributed by atoms with van der Waals surface area (Å²) in [5.74, 6) is 0.218. The van der Waals surface area contributed by atoms with E-state index in [4.69, 9.17) is 0 Å². The monoisotopic (exact) mass is 306 g/mol. The standard InChI is InChI=1S/C17H14N4O2/c1-11-18-9-7-15(20-11)12-4-2-5-13(10-12)21-17(23)14-6-3-8-19-16(14)22/h2-10H,1H3,(H,19,22)(H,21,23). The molecule has 0 fully saturated rings. The molecular formula is C17H14N4O2. The molecule has 6 heteroatoms. The van der Waals surface area contributed by atoms with E-state index >= 15 is 0 Å². The molecule has 0 aliphatic carbocycles. The van der Waals surface area contributed by atoms with Crippen molar-refractivity contribution in [3.05, 3.63) is 76.6 Å². The Morgan fingerprint density at radius 3 is 2.83 bits per heavy atom. The van der Waals surface area contributed by atoms with Gasteiger partial charge in [-0.3, -0.25) is 9.59 Å². The zero-order chi connectivity index (χ0) is 16.2. The van der Waals surface area contributed by atoms with Crippen LogP contribution in [0.5, 0.6) is 0 Å². The predicted octanol–water partition coefficient (Wildman–Crippen LogP) is 2.39. The lowest BCUT2D eigenvalue weighted by Gasteiger charge is -2.07. The molecule has 23 heavy (non-hydrogen) atoms. The molecule has 6 nitrogen and oxygen atoms in total. The van der Waals surface area contributed by atoms with Crippen molar-refractivity contribution in [1.82, 2.24) is 15.0 Å². The first kappa shape index (κ1) is 14.6. The number of aromatic amines is 1. The first-order valence-corrected chi connectivity index (χ1v) is 7.02. The lowest BCUT2D eigenvalue weighted by atomic mass is 10.1. The Morgan fingerprint density at radius 1 is 1.17 bits per heavy atom. The van der Waals surface area contributed by atoms with Crippen LogP contribution < -0.4 is 10.9 Å². The SMILES string of the molecule is Cc1nccc(-c2cccc(NC(=O)c3ccc[nH]c3=O)c2)n1. The molecule has 0 saturated heterocycles. The number of aromatic nitrogens is 3. The molecule has 114 valence electrons. The number of carbonyl (C=O) groups excluding carboxylic acids is 1. The van der Waals surface area contributed by atoms with Crippen LogP contribution in [0.4, 0.5) is 5.69 Å². The number of amides is 1. The van der Waals surface area contributed by atoms with Gasteiger partial charge in [-0.25, -0.2) is 9.97 Å². The zero-order valence-corrected chi connectivity index (χ0v) is 12.4. The van der Waals surface area contributed by atoms with Crippen LogP contribution >= 0.6 is 0 Å². The summed E-state index contributed by atoms with van der Waals surface area (Å²) in [5, 5.41) is 2.72. The van der Waals surface area contributed by atoms with Crippen molar-refractivity contribution in [2.24, 2.45) is 0 Å². The van der Waals surface area contributed by atoms with Crippen LogP contribution in [0, 0.1) is 6.92 Å². The van der Waals surface area contributed by atoms with Gasteiger partial charge in [-0.2, -0.15) is 0 Å². The third-order valence-electron chi connectivity index (χ3n) is 3.26. The summed E-state index contributed by atoms with van der Waals surface area (Å²) < 4.78 is 0. The van der Waals surface area contributed by atoms with Gasteiger partial charge in [0, 0.05) is 23.6 Å². The second-order valence-corrected chi connectivity index (χ2v) is 4.94. The fraction of sp³-hybridized carbons (Fsp3) is 0.0588. The molecule has 0 unspecified atom stereocenters. The molecule has 0 atom stereocenters. The molecule has 2 N–H and O–H groups in total. The van der Waals surface area contributed by atoms with E-state index in [9.17, 15) is 9.59 Å². The van der Waals surface area contributed by atoms with E-state index in [0.29, 0.717) is 11.5 Å². The van der Waals surface area contributed by atoms with E-state index in [1.165, 1.54) is 12.3 Å². The van der Waals surface area contributed by atoms with E-state index in [2.05, 4.69) is 20.3 Å². The number of nitrogens with zero attached hydrogens (tertiary/aromatic N) is 2. The smallest absolute Gasteiger partial charge is 0.261 e. The van der Waals surface area contributed by atoms with Crippen molar-refractivity contribution in [2.45, 2.75) is 6.92 Å². The number of hydrogen-bond acceptors (Lipinski definition) is 4. The largest absolute Gasteiger partial charge is 0.328 e. The van der Waals surface area contributed by atoms with E-state index in [1.54, 1.807) is 30.5 Å². The molecule has 0 aliphatic heterocycles. The van der Waals surface area contributed by atoms with Crippen molar-refractivity contribution in [1.29, 1.82) is 0 Å². The second-order valence-electron chi connectivity index (χ2n) is 4.94. The molecule has 0 radical (unpaired) electrons. The molecule has 2 heterocycles. The number of aryl methyl sites for hydroxylation is 1. The maximum absolute atomic E-state index is 12.2. The Kier molecular flexibility index (Phi) is 3.97. The Labute approximate surface area is 132 Å². The molecule has 0 bridgehead atoms. The van der Waals surface area contributed by atoms with Crippen LogP contribution in [-0.4, -0.2) is 20.9 Å². The molecule has 3 rings (SSSR count).